The van der Waals surface area contributed by atoms with E-state index in [-0.39, 0.29) is 11.4 Å². The van der Waals surface area contributed by atoms with Gasteiger partial charge < -0.3 is 18.3 Å². The fourth-order valence-electron chi connectivity index (χ4n) is 11.5. The minimum Gasteiger partial charge on any atom is -0.309 e. The minimum absolute atomic E-state index is 0.0113. The molecule has 5 nitrogen and oxygen atoms in total. The summed E-state index contributed by atoms with van der Waals surface area (Å²) in [6.45, 7) is 0. The van der Waals surface area contributed by atoms with E-state index in [1.807, 2.05) is 130 Å². The molecule has 0 aliphatic heterocycles. The highest BCUT2D eigenvalue weighted by Crippen LogP contribution is 2.51. The average Bonchev–Trinajstić information content (AvgIpc) is 4.13. The van der Waals surface area contributed by atoms with E-state index in [9.17, 15) is 5.26 Å². The zero-order valence-corrected chi connectivity index (χ0v) is 37.2. The number of hydrogen-bond acceptors (Lipinski definition) is 1. The first kappa shape index (κ1) is 39.8. The van der Waals surface area contributed by atoms with Gasteiger partial charge in [0.15, 0.2) is 0 Å². The van der Waals surface area contributed by atoms with Crippen molar-refractivity contribution < 1.29 is 13.2 Å². The van der Waals surface area contributed by atoms with E-state index in [2.05, 4.69) is 81.9 Å². The lowest BCUT2D eigenvalue weighted by Gasteiger charge is -2.25. The Balaban J connectivity index is 1.22. The molecular formula is C62H36F3N5. The molecule has 0 aliphatic rings. The van der Waals surface area contributed by atoms with Gasteiger partial charge in [0.2, 0.25) is 0 Å². The zero-order chi connectivity index (χ0) is 46.8. The Morgan fingerprint density at radius 1 is 0.371 bits per heavy atom. The highest BCUT2D eigenvalue weighted by Gasteiger charge is 2.41. The van der Waals surface area contributed by atoms with Crippen LogP contribution in [0.15, 0.2) is 218 Å². The Morgan fingerprint density at radius 2 is 0.829 bits per heavy atom. The molecule has 4 aromatic heterocycles. The number of rotatable bonds is 5. The van der Waals surface area contributed by atoms with E-state index >= 15 is 13.2 Å². The molecule has 70 heavy (non-hydrogen) atoms. The summed E-state index contributed by atoms with van der Waals surface area (Å²) in [5, 5.41) is 17.0. The van der Waals surface area contributed by atoms with Crippen molar-refractivity contribution >= 4 is 87.2 Å². The number of para-hydroxylation sites is 6. The molecule has 10 aromatic carbocycles. The van der Waals surface area contributed by atoms with Crippen molar-refractivity contribution in [1.82, 2.24) is 18.3 Å². The van der Waals surface area contributed by atoms with Gasteiger partial charge in [-0.25, -0.2) is 0 Å². The molecule has 330 valence electrons. The Hall–Kier alpha value is -9.32. The van der Waals surface area contributed by atoms with E-state index in [1.54, 1.807) is 30.3 Å². The molecule has 0 spiro atoms. The van der Waals surface area contributed by atoms with Gasteiger partial charge in [0.05, 0.1) is 67.1 Å². The summed E-state index contributed by atoms with van der Waals surface area (Å²) in [6, 6.07) is 72.8. The number of fused-ring (bicyclic) bond motifs is 14. The monoisotopic (exact) mass is 907 g/mol. The van der Waals surface area contributed by atoms with Crippen LogP contribution in [0.1, 0.15) is 11.1 Å². The van der Waals surface area contributed by atoms with Crippen LogP contribution < -0.4 is 0 Å². The van der Waals surface area contributed by atoms with Crippen LogP contribution in [0, 0.1) is 11.3 Å². The van der Waals surface area contributed by atoms with Crippen LogP contribution in [0.3, 0.4) is 0 Å². The fraction of sp³-hybridized carbons (Fsp3) is 0.0161. The third-order valence-electron chi connectivity index (χ3n) is 14.2. The van der Waals surface area contributed by atoms with Gasteiger partial charge in [-0.05, 0) is 84.4 Å². The quantitative estimate of drug-likeness (QED) is 0.170. The van der Waals surface area contributed by atoms with Crippen molar-refractivity contribution in [3.63, 3.8) is 0 Å². The first-order chi connectivity index (χ1) is 34.4. The van der Waals surface area contributed by atoms with Crippen molar-refractivity contribution in [3.8, 4) is 39.9 Å². The predicted molar refractivity (Wildman–Crippen MR) is 279 cm³/mol. The Bertz CT molecular complexity index is 4520. The maximum Gasteiger partial charge on any atom is 0.420 e. The van der Waals surface area contributed by atoms with E-state index in [1.165, 1.54) is 0 Å². The maximum absolute atomic E-state index is 17.4. The van der Waals surface area contributed by atoms with Crippen molar-refractivity contribution in [2.75, 3.05) is 0 Å². The molecule has 0 radical (unpaired) electrons. The lowest BCUT2D eigenvalue weighted by atomic mass is 9.96. The summed E-state index contributed by atoms with van der Waals surface area (Å²) in [7, 11) is 0. The Morgan fingerprint density at radius 3 is 1.34 bits per heavy atom. The van der Waals surface area contributed by atoms with Crippen LogP contribution >= 0.6 is 0 Å². The third-order valence-corrected chi connectivity index (χ3v) is 14.2. The maximum atomic E-state index is 17.4. The molecule has 8 heteroatoms. The first-order valence-electron chi connectivity index (χ1n) is 23.2. The lowest BCUT2D eigenvalue weighted by Crippen LogP contribution is -2.17. The van der Waals surface area contributed by atoms with Gasteiger partial charge >= 0.3 is 6.18 Å². The summed E-state index contributed by atoms with van der Waals surface area (Å²) in [5.41, 5.74) is 8.44. The van der Waals surface area contributed by atoms with Gasteiger partial charge in [0, 0.05) is 60.0 Å². The van der Waals surface area contributed by atoms with Gasteiger partial charge in [-0.3, -0.25) is 0 Å². The molecule has 0 unspecified atom stereocenters. The second kappa shape index (κ2) is 14.8. The Kier molecular flexibility index (Phi) is 8.44. The number of halogens is 3. The fourth-order valence-corrected chi connectivity index (χ4v) is 11.5. The molecule has 0 saturated heterocycles. The number of benzene rings is 10. The number of aromatic nitrogens is 4. The van der Waals surface area contributed by atoms with E-state index in [4.69, 9.17) is 0 Å². The second-order valence-electron chi connectivity index (χ2n) is 17.8. The molecule has 0 saturated carbocycles. The van der Waals surface area contributed by atoms with Crippen molar-refractivity contribution in [2.45, 2.75) is 6.18 Å². The summed E-state index contributed by atoms with van der Waals surface area (Å²) in [5.74, 6) is 0. The van der Waals surface area contributed by atoms with Crippen molar-refractivity contribution in [3.05, 3.63) is 230 Å². The van der Waals surface area contributed by atoms with Crippen LogP contribution in [-0.4, -0.2) is 18.3 Å². The van der Waals surface area contributed by atoms with Gasteiger partial charge in [0.1, 0.15) is 5.56 Å². The van der Waals surface area contributed by atoms with Crippen molar-refractivity contribution in [2.24, 2.45) is 0 Å². The van der Waals surface area contributed by atoms with Gasteiger partial charge in [-0.1, -0.05) is 140 Å². The van der Waals surface area contributed by atoms with Gasteiger partial charge in [-0.15, -0.1) is 0 Å². The molecule has 0 aliphatic carbocycles. The molecule has 14 rings (SSSR count). The number of nitriles is 1. The highest BCUT2D eigenvalue weighted by molar-refractivity contribution is 6.28. The molecule has 0 amide bonds. The average molecular weight is 908 g/mol. The van der Waals surface area contributed by atoms with Crippen LogP contribution in [0.25, 0.3) is 121 Å². The van der Waals surface area contributed by atoms with Gasteiger partial charge in [0.25, 0.3) is 0 Å². The first-order valence-corrected chi connectivity index (χ1v) is 23.2. The SMILES string of the molecule is N#Cc1cccc(-c2ccc(-n3c4ccccc4c4ccc5c(c6ccccc6n5-c5ccccc5)c43)c(C(F)(F)F)c2-n2c3ccccc3c3ccc4c(c5ccccc5n4-c4ccccc4)c32)c1. The number of hydrogen-bond donors (Lipinski definition) is 0. The molecule has 0 fully saturated rings. The predicted octanol–water partition coefficient (Wildman–Crippen LogP) is 16.6. The number of nitrogens with zero attached hydrogens (tertiary/aromatic N) is 5. The van der Waals surface area contributed by atoms with Gasteiger partial charge in [-0.2, -0.15) is 18.4 Å². The second-order valence-corrected chi connectivity index (χ2v) is 17.8. The minimum atomic E-state index is -4.92. The van der Waals surface area contributed by atoms with E-state index in [0.29, 0.717) is 38.8 Å². The molecule has 0 atom stereocenters. The van der Waals surface area contributed by atoms with Crippen LogP contribution in [0.2, 0.25) is 0 Å². The Labute approximate surface area is 397 Å². The molecular weight excluding hydrogens is 872 g/mol. The summed E-state index contributed by atoms with van der Waals surface area (Å²) < 4.78 is 60.4. The van der Waals surface area contributed by atoms with Crippen LogP contribution in [0.4, 0.5) is 13.2 Å². The normalized spacial score (nSPS) is 12.2. The molecule has 0 bridgehead atoms. The topological polar surface area (TPSA) is 43.5 Å². The molecule has 0 N–H and O–H groups in total. The zero-order valence-electron chi connectivity index (χ0n) is 37.2. The largest absolute Gasteiger partial charge is 0.420 e. The smallest absolute Gasteiger partial charge is 0.309 e. The summed E-state index contributed by atoms with van der Waals surface area (Å²) >= 11 is 0. The molecule has 14 aromatic rings. The summed E-state index contributed by atoms with van der Waals surface area (Å²) in [4.78, 5) is 0. The number of alkyl halides is 3. The highest BCUT2D eigenvalue weighted by atomic mass is 19.4. The van der Waals surface area contributed by atoms with E-state index in [0.717, 1.165) is 76.5 Å². The van der Waals surface area contributed by atoms with E-state index < -0.39 is 11.7 Å². The third kappa shape index (κ3) is 5.54. The lowest BCUT2D eigenvalue weighted by molar-refractivity contribution is -0.137. The van der Waals surface area contributed by atoms with Crippen molar-refractivity contribution in [1.29, 1.82) is 5.26 Å². The summed E-state index contributed by atoms with van der Waals surface area (Å²) in [6.07, 6.45) is -4.92. The molecule has 4 heterocycles. The van der Waals surface area contributed by atoms with Crippen LogP contribution in [0.5, 0.6) is 0 Å². The standard InChI is InChI=1S/C62H36F3N5/c63-62(64,65)58-55(69-49-26-11-7-22-43(49)45-31-33-53-56(59(45)69)47-24-9-13-28-51(47)67(53)40-18-3-1-4-19-40)35-30-42(39-17-15-16-38(36-39)37-66)61(58)70-50-27-12-8-23-44(50)46-32-34-54-57(60(46)70)48-25-10-14-29-52(48)68(54)41-20-5-2-6-21-41/h1-36H. The van der Waals surface area contributed by atoms with Crippen LogP contribution in [-0.2, 0) is 6.18 Å².